The molecule has 1 fully saturated rings. The number of hydrogen-bond acceptors (Lipinski definition) is 6. The van der Waals surface area contributed by atoms with Gasteiger partial charge in [0.05, 0.1) is 29.6 Å². The second-order valence-electron chi connectivity index (χ2n) is 11.9. The zero-order valence-corrected chi connectivity index (χ0v) is 29.5. The Morgan fingerprint density at radius 3 is 2.18 bits per heavy atom. The van der Waals surface area contributed by atoms with Gasteiger partial charge in [0.2, 0.25) is 5.88 Å². The lowest BCUT2D eigenvalue weighted by Gasteiger charge is -2.34. The summed E-state index contributed by atoms with van der Waals surface area (Å²) in [6.07, 6.45) is -3.03. The first kappa shape index (κ1) is 36.4. The number of hydrogen-bond donors (Lipinski definition) is 0. The summed E-state index contributed by atoms with van der Waals surface area (Å²) in [6.45, 7) is 6.26. The molecule has 5 aromatic rings. The second kappa shape index (κ2) is 15.3. The Bertz CT molecular complexity index is 1940. The summed E-state index contributed by atoms with van der Waals surface area (Å²) < 4.78 is 52.1. The molecule has 0 atom stereocenters. The van der Waals surface area contributed by atoms with E-state index in [9.17, 15) is 22.8 Å². The summed E-state index contributed by atoms with van der Waals surface area (Å²) >= 11 is 0. The third-order valence-corrected chi connectivity index (χ3v) is 8.63. The summed E-state index contributed by atoms with van der Waals surface area (Å²) in [7, 11) is 3.38. The van der Waals surface area contributed by atoms with Crippen LogP contribution < -0.4 is 14.4 Å². The van der Waals surface area contributed by atoms with E-state index < -0.39 is 17.6 Å². The van der Waals surface area contributed by atoms with Crippen molar-refractivity contribution in [3.05, 3.63) is 114 Å². The van der Waals surface area contributed by atoms with Crippen molar-refractivity contribution in [2.45, 2.75) is 19.6 Å². The molecule has 50 heavy (non-hydrogen) atoms. The molecule has 0 unspecified atom stereocenters. The highest BCUT2D eigenvalue weighted by Crippen LogP contribution is 2.31. The summed E-state index contributed by atoms with van der Waals surface area (Å²) in [6, 6.07) is 22.9. The van der Waals surface area contributed by atoms with E-state index in [-0.39, 0.29) is 34.3 Å². The number of carbonyl (C=O) groups excluding carboxylic acids is 2. The Balaban J connectivity index is 0.00000486. The first-order valence-corrected chi connectivity index (χ1v) is 15.9. The van der Waals surface area contributed by atoms with Crippen molar-refractivity contribution >= 4 is 45.4 Å². The summed E-state index contributed by atoms with van der Waals surface area (Å²) in [5.41, 5.74) is 2.36. The van der Waals surface area contributed by atoms with Gasteiger partial charge in [0.15, 0.2) is 0 Å². The third-order valence-electron chi connectivity index (χ3n) is 8.63. The van der Waals surface area contributed by atoms with E-state index in [0.717, 1.165) is 60.6 Å². The van der Waals surface area contributed by atoms with Gasteiger partial charge in [0, 0.05) is 69.9 Å². The maximum atomic E-state index is 13.6. The van der Waals surface area contributed by atoms with E-state index in [0.29, 0.717) is 36.8 Å². The van der Waals surface area contributed by atoms with Crippen molar-refractivity contribution in [3.8, 4) is 17.4 Å². The molecule has 0 aliphatic carbocycles. The zero-order valence-electron chi connectivity index (χ0n) is 27.8. The van der Waals surface area contributed by atoms with E-state index in [4.69, 9.17) is 9.47 Å². The van der Waals surface area contributed by atoms with Gasteiger partial charge in [-0.3, -0.25) is 14.5 Å². The predicted molar refractivity (Wildman–Crippen MR) is 191 cm³/mol. The lowest BCUT2D eigenvalue weighted by atomic mass is 10.1. The van der Waals surface area contributed by atoms with Crippen molar-refractivity contribution in [2.75, 3.05) is 44.7 Å². The van der Waals surface area contributed by atoms with Crippen LogP contribution in [0.5, 0.6) is 17.4 Å². The van der Waals surface area contributed by atoms with E-state index in [2.05, 4.69) is 22.0 Å². The molecule has 13 heteroatoms. The van der Waals surface area contributed by atoms with Gasteiger partial charge >= 0.3 is 6.18 Å². The summed E-state index contributed by atoms with van der Waals surface area (Å²) in [5.74, 6) is 1.17. The van der Waals surface area contributed by atoms with Crippen LogP contribution >= 0.6 is 17.0 Å². The normalized spacial score (nSPS) is 13.5. The number of piperazine rings is 1. The van der Waals surface area contributed by atoms with E-state index >= 15 is 0 Å². The molecule has 6 rings (SSSR count). The standard InChI is InChI=1S/C37H36F3N5O4.BrH/c1-4-48-30-13-5-25(6-14-30)24-44-17-19-45(20-18-44)36(47)33-21-27-9-15-31(22-32(27)43(33)3)49-34-16-12-29(23-41-34)42(2)35(46)26-7-10-28(11-8-26)37(38,39)40;/h5-16,21-23H,4,17-20,24H2,1-3H3;1H. The Hall–Kier alpha value is -4.88. The van der Waals surface area contributed by atoms with Gasteiger partial charge in [-0.2, -0.15) is 13.2 Å². The number of aromatic nitrogens is 2. The summed E-state index contributed by atoms with van der Waals surface area (Å²) in [4.78, 5) is 36.3. The molecular weight excluding hydrogens is 715 g/mol. The van der Waals surface area contributed by atoms with Crippen LogP contribution in [-0.2, 0) is 19.8 Å². The molecule has 0 bridgehead atoms. The lowest BCUT2D eigenvalue weighted by Crippen LogP contribution is -2.48. The number of alkyl halides is 3. The Kier molecular flexibility index (Phi) is 11.2. The number of benzene rings is 3. The molecule has 9 nitrogen and oxygen atoms in total. The highest BCUT2D eigenvalue weighted by molar-refractivity contribution is 8.93. The van der Waals surface area contributed by atoms with Crippen LogP contribution in [0.3, 0.4) is 0 Å². The Labute approximate surface area is 298 Å². The Morgan fingerprint density at radius 1 is 0.880 bits per heavy atom. The molecule has 3 aromatic carbocycles. The lowest BCUT2D eigenvalue weighted by molar-refractivity contribution is -0.137. The van der Waals surface area contributed by atoms with E-state index in [1.54, 1.807) is 18.2 Å². The number of nitrogens with zero attached hydrogens (tertiary/aromatic N) is 5. The van der Waals surface area contributed by atoms with Crippen molar-refractivity contribution < 1.29 is 32.2 Å². The second-order valence-corrected chi connectivity index (χ2v) is 11.9. The number of aryl methyl sites for hydroxylation is 1. The molecular formula is C37H37BrF3N5O4. The monoisotopic (exact) mass is 751 g/mol. The van der Waals surface area contributed by atoms with Gasteiger partial charge in [-0.15, -0.1) is 17.0 Å². The number of halogens is 4. The molecule has 0 spiro atoms. The smallest absolute Gasteiger partial charge is 0.416 e. The number of pyridine rings is 1. The highest BCUT2D eigenvalue weighted by atomic mass is 79.9. The van der Waals surface area contributed by atoms with Crippen molar-refractivity contribution in [2.24, 2.45) is 7.05 Å². The minimum atomic E-state index is -4.48. The topological polar surface area (TPSA) is 80.1 Å². The number of anilines is 1. The van der Waals surface area contributed by atoms with Gasteiger partial charge in [0.1, 0.15) is 17.2 Å². The maximum absolute atomic E-state index is 13.6. The summed E-state index contributed by atoms with van der Waals surface area (Å²) in [5, 5.41) is 0.902. The molecule has 1 aliphatic heterocycles. The average Bonchev–Trinajstić information content (AvgIpc) is 3.44. The van der Waals surface area contributed by atoms with Gasteiger partial charge in [-0.1, -0.05) is 12.1 Å². The van der Waals surface area contributed by atoms with Crippen LogP contribution in [0.25, 0.3) is 10.9 Å². The van der Waals surface area contributed by atoms with E-state index in [1.807, 2.05) is 53.8 Å². The average molecular weight is 753 g/mol. The SMILES string of the molecule is Br.CCOc1ccc(CN2CCN(C(=O)c3cc4ccc(Oc5ccc(N(C)C(=O)c6ccc(C(F)(F)F)cc6)cn5)cc4n3C)CC2)cc1. The number of ether oxygens (including phenoxy) is 2. The molecule has 1 aliphatic rings. The maximum Gasteiger partial charge on any atom is 0.416 e. The molecule has 3 heterocycles. The number of amides is 2. The molecule has 2 amide bonds. The quantitative estimate of drug-likeness (QED) is 0.155. The fourth-order valence-corrected chi connectivity index (χ4v) is 5.83. The van der Waals surface area contributed by atoms with Crippen molar-refractivity contribution in [1.82, 2.24) is 19.4 Å². The van der Waals surface area contributed by atoms with E-state index in [1.165, 1.54) is 23.7 Å². The van der Waals surface area contributed by atoms with Crippen LogP contribution in [0.4, 0.5) is 18.9 Å². The molecule has 1 saturated heterocycles. The fraction of sp³-hybridized carbons (Fsp3) is 0.270. The minimum Gasteiger partial charge on any atom is -0.494 e. The number of carbonyl (C=O) groups is 2. The van der Waals surface area contributed by atoms with Gasteiger partial charge in [-0.05, 0) is 73.2 Å². The van der Waals surface area contributed by atoms with Crippen LogP contribution in [0, 0.1) is 0 Å². The number of fused-ring (bicyclic) bond motifs is 1. The molecule has 0 radical (unpaired) electrons. The number of rotatable bonds is 9. The fourth-order valence-electron chi connectivity index (χ4n) is 5.83. The van der Waals surface area contributed by atoms with Crippen LogP contribution in [0.15, 0.2) is 91.1 Å². The highest BCUT2D eigenvalue weighted by Gasteiger charge is 2.30. The molecule has 0 N–H and O–H groups in total. The predicted octanol–water partition coefficient (Wildman–Crippen LogP) is 7.60. The molecule has 262 valence electrons. The van der Waals surface area contributed by atoms with Gasteiger partial charge in [-0.25, -0.2) is 4.98 Å². The van der Waals surface area contributed by atoms with Crippen LogP contribution in [0.2, 0.25) is 0 Å². The third kappa shape index (κ3) is 8.11. The Morgan fingerprint density at radius 2 is 1.56 bits per heavy atom. The van der Waals surface area contributed by atoms with Crippen LogP contribution in [-0.4, -0.2) is 71.0 Å². The minimum absolute atomic E-state index is 0. The largest absolute Gasteiger partial charge is 0.494 e. The van der Waals surface area contributed by atoms with Gasteiger partial charge < -0.3 is 23.8 Å². The van der Waals surface area contributed by atoms with Crippen LogP contribution in [0.1, 0.15) is 38.9 Å². The zero-order chi connectivity index (χ0) is 34.7. The first-order valence-electron chi connectivity index (χ1n) is 15.9. The van der Waals surface area contributed by atoms with Crippen molar-refractivity contribution in [3.63, 3.8) is 0 Å². The molecule has 2 aromatic heterocycles. The van der Waals surface area contributed by atoms with Gasteiger partial charge in [0.25, 0.3) is 11.8 Å². The molecule has 0 saturated carbocycles. The van der Waals surface area contributed by atoms with Crippen molar-refractivity contribution in [1.29, 1.82) is 0 Å². The first-order chi connectivity index (χ1) is 23.5.